The Bertz CT molecular complexity index is 979. The third-order valence-corrected chi connectivity index (χ3v) is 5.77. The highest BCUT2D eigenvalue weighted by Crippen LogP contribution is 2.26. The van der Waals surface area contributed by atoms with Crippen molar-refractivity contribution in [3.63, 3.8) is 0 Å². The molecule has 0 saturated carbocycles. The molecule has 3 N–H and O–H groups in total. The van der Waals surface area contributed by atoms with E-state index >= 15 is 0 Å². The highest BCUT2D eigenvalue weighted by Gasteiger charge is 2.25. The number of aliphatic hydroxyl groups is 1. The fourth-order valence-corrected chi connectivity index (χ4v) is 4.05. The molecule has 2 aliphatic heterocycles. The Morgan fingerprint density at radius 2 is 1.57 bits per heavy atom. The van der Waals surface area contributed by atoms with Crippen molar-refractivity contribution >= 4 is 73.8 Å². The summed E-state index contributed by atoms with van der Waals surface area (Å²) < 4.78 is 0. The third-order valence-electron chi connectivity index (χ3n) is 5.34. The Labute approximate surface area is 229 Å². The van der Waals surface area contributed by atoms with E-state index in [4.69, 9.17) is 37.9 Å². The molecule has 194 valence electrons. The van der Waals surface area contributed by atoms with E-state index in [-0.39, 0.29) is 51.6 Å². The Kier molecular flexibility index (Phi) is 16.7. The van der Waals surface area contributed by atoms with Gasteiger partial charge in [-0.25, -0.2) is 9.97 Å². The van der Waals surface area contributed by atoms with E-state index in [1.54, 1.807) is 6.07 Å². The molecule has 35 heavy (non-hydrogen) atoms. The maximum absolute atomic E-state index is 11.7. The lowest BCUT2D eigenvalue weighted by Crippen LogP contribution is -2.35. The smallest absolute Gasteiger partial charge is 0.373 e. The first-order valence-corrected chi connectivity index (χ1v) is 11.6. The second-order valence-corrected chi connectivity index (χ2v) is 8.52. The van der Waals surface area contributed by atoms with Crippen LogP contribution in [0.15, 0.2) is 24.3 Å². The van der Waals surface area contributed by atoms with Crippen molar-refractivity contribution in [3.05, 3.63) is 45.7 Å². The summed E-state index contributed by atoms with van der Waals surface area (Å²) in [4.78, 5) is 36.4. The highest BCUT2D eigenvalue weighted by atomic mass is 35.5. The fourth-order valence-electron chi connectivity index (χ4n) is 3.75. The van der Waals surface area contributed by atoms with Crippen LogP contribution in [-0.4, -0.2) is 45.7 Å². The lowest BCUT2D eigenvalue weighted by molar-refractivity contribution is -0.191. The van der Waals surface area contributed by atoms with Gasteiger partial charge in [-0.2, -0.15) is 36.6 Å². The number of aryl methyl sites for hydroxylation is 1. The number of aromatic nitrogens is 2. The molecule has 2 atom stereocenters. The molecule has 0 bridgehead atoms. The molecule has 0 saturated heterocycles. The number of carbonyl (C=O) groups excluding carboxylic acids is 3. The predicted molar refractivity (Wildman–Crippen MR) is 147 cm³/mol. The van der Waals surface area contributed by atoms with Crippen LogP contribution in [0.1, 0.15) is 50.2 Å². The number of aliphatic hydroxyl groups excluding tert-OH is 1. The number of nitrogens with one attached hydrogen (secondary N) is 2. The molecule has 0 aliphatic carbocycles. The Morgan fingerprint density at radius 1 is 1.00 bits per heavy atom. The molecule has 4 rings (SSSR count). The maximum atomic E-state index is 11.7. The van der Waals surface area contributed by atoms with Gasteiger partial charge in [0.2, 0.25) is 0 Å². The van der Waals surface area contributed by atoms with Crippen LogP contribution >= 0.6 is 50.2 Å². The standard InChI is InChI=1S/C11H15ClN2O.C11H13ClN2O.CO2.2H2S/c12-10-6-4-8-3-5-9(2-1-7-15)13-11(8)14-10;1-2-3-8-9(15)6-7-4-5-10(12)14-11(7)13-8;2-1-3;;/h4,6,9,15H,1-3,5,7H2,(H,13,14);4-5,8H,2-3,6H2,1H3,(H,13,14);;2*1H2. The fraction of sp³-hybridized carbons (Fsp3) is 0.478. The Balaban J connectivity index is 0.000000565. The summed E-state index contributed by atoms with van der Waals surface area (Å²) in [5.41, 5.74) is 2.18. The van der Waals surface area contributed by atoms with Gasteiger partial charge in [-0.1, -0.05) is 48.7 Å². The molecule has 2 aromatic rings. The number of anilines is 2. The number of hydrogen-bond donors (Lipinski definition) is 3. The minimum atomic E-state index is -0.0894. The van der Waals surface area contributed by atoms with Crippen molar-refractivity contribution in [3.8, 4) is 0 Å². The number of Topliss-reactive ketones (excluding diaryl/α,β-unsaturated/α-hetero) is 1. The summed E-state index contributed by atoms with van der Waals surface area (Å²) >= 11 is 11.6. The van der Waals surface area contributed by atoms with Crippen molar-refractivity contribution in [2.45, 2.75) is 64.0 Å². The zero-order valence-corrected chi connectivity index (χ0v) is 23.0. The summed E-state index contributed by atoms with van der Waals surface area (Å²) in [5, 5.41) is 16.3. The SMILES string of the molecule is CCCC1Nc2nc(Cl)ccc2CC1=O.O=C=O.OCCCC1CCc2ccc(Cl)nc2N1.S.S. The number of nitrogens with zero attached hydrogens (tertiary/aromatic N) is 2. The van der Waals surface area contributed by atoms with Crippen molar-refractivity contribution in [1.29, 1.82) is 0 Å². The van der Waals surface area contributed by atoms with E-state index < -0.39 is 0 Å². The Hall–Kier alpha value is -1.81. The molecule has 0 amide bonds. The van der Waals surface area contributed by atoms with E-state index in [2.05, 4.69) is 27.5 Å². The predicted octanol–water partition coefficient (Wildman–Crippen LogP) is 4.32. The number of ketones is 1. The van der Waals surface area contributed by atoms with Gasteiger partial charge in [0.25, 0.3) is 0 Å². The zero-order chi connectivity index (χ0) is 24.2. The second-order valence-electron chi connectivity index (χ2n) is 7.74. The van der Waals surface area contributed by atoms with Gasteiger partial charge >= 0.3 is 6.15 Å². The minimum Gasteiger partial charge on any atom is -0.396 e. The Morgan fingerprint density at radius 3 is 2.14 bits per heavy atom. The lowest BCUT2D eigenvalue weighted by Gasteiger charge is -2.25. The normalized spacial score (nSPS) is 17.0. The minimum absolute atomic E-state index is 0. The second kappa shape index (κ2) is 17.6. The van der Waals surface area contributed by atoms with Crippen molar-refractivity contribution in [2.75, 3.05) is 17.2 Å². The van der Waals surface area contributed by atoms with Crippen molar-refractivity contribution < 1.29 is 19.5 Å². The molecule has 2 unspecified atom stereocenters. The first-order valence-electron chi connectivity index (χ1n) is 10.9. The van der Waals surface area contributed by atoms with Crippen LogP contribution < -0.4 is 10.6 Å². The number of hydrogen-bond acceptors (Lipinski definition) is 8. The summed E-state index contributed by atoms with van der Waals surface area (Å²) in [6.07, 6.45) is 6.54. The van der Waals surface area contributed by atoms with E-state index in [0.717, 1.165) is 55.7 Å². The number of rotatable bonds is 5. The molecule has 2 aromatic heterocycles. The molecule has 2 aliphatic rings. The van der Waals surface area contributed by atoms with E-state index in [9.17, 15) is 4.79 Å². The molecule has 12 heteroatoms. The first-order chi connectivity index (χ1) is 15.9. The van der Waals surface area contributed by atoms with E-state index in [0.29, 0.717) is 22.8 Å². The summed E-state index contributed by atoms with van der Waals surface area (Å²) in [5.74, 6) is 1.92. The van der Waals surface area contributed by atoms with Gasteiger partial charge < -0.3 is 15.7 Å². The van der Waals surface area contributed by atoms with Gasteiger partial charge in [-0.15, -0.1) is 0 Å². The van der Waals surface area contributed by atoms with E-state index in [1.807, 2.05) is 18.2 Å². The molecule has 4 heterocycles. The van der Waals surface area contributed by atoms with Crippen molar-refractivity contribution in [2.24, 2.45) is 0 Å². The highest BCUT2D eigenvalue weighted by molar-refractivity contribution is 7.59. The summed E-state index contributed by atoms with van der Waals surface area (Å²) in [6.45, 7) is 2.32. The van der Waals surface area contributed by atoms with Crippen molar-refractivity contribution in [1.82, 2.24) is 9.97 Å². The molecule has 0 fully saturated rings. The summed E-state index contributed by atoms with van der Waals surface area (Å²) in [7, 11) is 0. The third kappa shape index (κ3) is 10.8. The zero-order valence-electron chi connectivity index (χ0n) is 19.4. The van der Waals surface area contributed by atoms with E-state index in [1.165, 1.54) is 5.56 Å². The van der Waals surface area contributed by atoms with Crippen LogP contribution in [0.4, 0.5) is 11.6 Å². The number of pyridine rings is 2. The number of halogens is 2. The monoisotopic (exact) mass is 562 g/mol. The molecular weight excluding hydrogens is 531 g/mol. The first kappa shape index (κ1) is 33.2. The van der Waals surface area contributed by atoms with Crippen LogP contribution in [0.25, 0.3) is 0 Å². The van der Waals surface area contributed by atoms with Gasteiger partial charge in [-0.05, 0) is 49.8 Å². The van der Waals surface area contributed by atoms with Gasteiger partial charge in [0.15, 0.2) is 5.78 Å². The topological polar surface area (TPSA) is 121 Å². The molecule has 0 radical (unpaired) electrons. The maximum Gasteiger partial charge on any atom is 0.373 e. The molecule has 8 nitrogen and oxygen atoms in total. The quantitative estimate of drug-likeness (QED) is 0.460. The van der Waals surface area contributed by atoms with Crippen LogP contribution in [0, 0.1) is 0 Å². The van der Waals surface area contributed by atoms with Gasteiger partial charge in [-0.3, -0.25) is 4.79 Å². The van der Waals surface area contributed by atoms with Crippen LogP contribution in [0.5, 0.6) is 0 Å². The number of carbonyl (C=O) groups is 1. The lowest BCUT2D eigenvalue weighted by atomic mass is 9.96. The average Bonchev–Trinajstić information content (AvgIpc) is 2.79. The van der Waals surface area contributed by atoms with Crippen LogP contribution in [0.2, 0.25) is 10.3 Å². The molecule has 0 spiro atoms. The largest absolute Gasteiger partial charge is 0.396 e. The number of fused-ring (bicyclic) bond motifs is 2. The van der Waals surface area contributed by atoms with Gasteiger partial charge in [0.1, 0.15) is 21.9 Å². The van der Waals surface area contributed by atoms with Crippen LogP contribution in [0.3, 0.4) is 0 Å². The van der Waals surface area contributed by atoms with Gasteiger partial charge in [0, 0.05) is 24.6 Å². The van der Waals surface area contributed by atoms with Gasteiger partial charge in [0.05, 0.1) is 6.04 Å². The molecule has 0 aromatic carbocycles. The molecular formula is C23H32Cl2N4O4S2. The summed E-state index contributed by atoms with van der Waals surface area (Å²) in [6, 6.07) is 7.77. The van der Waals surface area contributed by atoms with Crippen LogP contribution in [-0.2, 0) is 27.2 Å². The average molecular weight is 564 g/mol.